The minimum atomic E-state index is -0.471. The fraction of sp³-hybridized carbons (Fsp3) is 0.353. The normalized spacial score (nSPS) is 18.7. The van der Waals surface area contributed by atoms with Gasteiger partial charge in [-0.25, -0.2) is 4.39 Å². The lowest BCUT2D eigenvalue weighted by molar-refractivity contribution is -0.120. The number of nitrogens with one attached hydrogen (secondary N) is 2. The van der Waals surface area contributed by atoms with Gasteiger partial charge in [0.25, 0.3) is 5.91 Å². The first-order valence-electron chi connectivity index (χ1n) is 14.8. The predicted molar refractivity (Wildman–Crippen MR) is 175 cm³/mol. The number of benzene rings is 3. The van der Waals surface area contributed by atoms with E-state index >= 15 is 0 Å². The van der Waals surface area contributed by atoms with Gasteiger partial charge < -0.3 is 20.4 Å². The summed E-state index contributed by atoms with van der Waals surface area (Å²) in [7, 11) is 0. The Bertz CT molecular complexity index is 1480. The number of nitrogens with zero attached hydrogens (tertiary/aromatic N) is 2. The number of anilines is 2. The van der Waals surface area contributed by atoms with Gasteiger partial charge in [-0.1, -0.05) is 41.9 Å². The first kappa shape index (κ1) is 31.1. The number of piperidine rings is 1. The second-order valence-corrected chi connectivity index (χ2v) is 12.4. The van der Waals surface area contributed by atoms with Crippen LogP contribution in [-0.4, -0.2) is 49.1 Å². The SMILES string of the molecule is CS/C=C1/Nc2ccc(C(=O)NCCN3CCC(Cc4ccccc4)CC3)cc2N(Cc2cc(F)ccc2Cl)C(=O)[C@@H]1C. The summed E-state index contributed by atoms with van der Waals surface area (Å²) in [5, 5.41) is 8.73. The molecule has 0 unspecified atom stereocenters. The summed E-state index contributed by atoms with van der Waals surface area (Å²) in [5.41, 5.74) is 4.35. The van der Waals surface area contributed by atoms with E-state index in [1.165, 1.54) is 35.5 Å². The highest BCUT2D eigenvalue weighted by Crippen LogP contribution is 2.37. The Balaban J connectivity index is 1.25. The van der Waals surface area contributed by atoms with Gasteiger partial charge in [-0.05, 0) is 104 Å². The van der Waals surface area contributed by atoms with Crippen molar-refractivity contribution in [1.29, 1.82) is 0 Å². The number of hydrogen-bond donors (Lipinski definition) is 2. The molecule has 2 aliphatic rings. The van der Waals surface area contributed by atoms with Crippen molar-refractivity contribution in [3.63, 3.8) is 0 Å². The van der Waals surface area contributed by atoms with Crippen molar-refractivity contribution < 1.29 is 14.0 Å². The average Bonchev–Trinajstić information content (AvgIpc) is 3.10. The van der Waals surface area contributed by atoms with E-state index in [1.54, 1.807) is 17.0 Å². The third-order valence-electron chi connectivity index (χ3n) is 8.30. The number of likely N-dealkylation sites (tertiary alicyclic amines) is 1. The smallest absolute Gasteiger partial charge is 0.251 e. The molecule has 1 saturated heterocycles. The summed E-state index contributed by atoms with van der Waals surface area (Å²) in [6, 6.07) is 20.1. The molecule has 1 atom stereocenters. The Labute approximate surface area is 262 Å². The first-order valence-corrected chi connectivity index (χ1v) is 16.4. The standard InChI is InChI=1S/C34H38ClFN4O2S/c1-23-31(22-43-2)38-30-11-8-26(20-32(30)40(34(23)42)21-27-19-28(36)9-10-29(27)35)33(41)37-14-17-39-15-12-25(13-16-39)18-24-6-4-3-5-7-24/h3-11,19-20,22-23,25,38H,12-18,21H2,1-2H3,(H,37,41)/b31-22+/t23-/m1/s1. The van der Waals surface area contributed by atoms with Crippen LogP contribution in [0.5, 0.6) is 0 Å². The van der Waals surface area contributed by atoms with Gasteiger partial charge in [0.1, 0.15) is 5.82 Å². The number of thioether (sulfide) groups is 1. The fourth-order valence-corrected chi connectivity index (χ4v) is 6.49. The summed E-state index contributed by atoms with van der Waals surface area (Å²) < 4.78 is 14.1. The van der Waals surface area contributed by atoms with Crippen molar-refractivity contribution in [3.8, 4) is 0 Å². The van der Waals surface area contributed by atoms with E-state index in [0.29, 0.717) is 40.0 Å². The minimum absolute atomic E-state index is 0.0757. The molecule has 43 heavy (non-hydrogen) atoms. The summed E-state index contributed by atoms with van der Waals surface area (Å²) in [6.07, 6.45) is 5.37. The van der Waals surface area contributed by atoms with Crippen LogP contribution in [0.3, 0.4) is 0 Å². The molecule has 9 heteroatoms. The zero-order chi connectivity index (χ0) is 30.3. The van der Waals surface area contributed by atoms with E-state index in [1.807, 2.05) is 24.7 Å². The number of rotatable bonds is 9. The monoisotopic (exact) mass is 620 g/mol. The minimum Gasteiger partial charge on any atom is -0.356 e. The van der Waals surface area contributed by atoms with E-state index < -0.39 is 11.7 Å². The van der Waals surface area contributed by atoms with Gasteiger partial charge in [0.05, 0.1) is 23.8 Å². The van der Waals surface area contributed by atoms with Gasteiger partial charge >= 0.3 is 0 Å². The van der Waals surface area contributed by atoms with Gasteiger partial charge in [-0.15, -0.1) is 11.8 Å². The lowest BCUT2D eigenvalue weighted by atomic mass is 9.90. The maximum Gasteiger partial charge on any atom is 0.251 e. The molecule has 0 radical (unpaired) electrons. The summed E-state index contributed by atoms with van der Waals surface area (Å²) in [6.45, 7) is 5.30. The van der Waals surface area contributed by atoms with Crippen molar-refractivity contribution in [2.75, 3.05) is 42.7 Å². The van der Waals surface area contributed by atoms with Crippen molar-refractivity contribution in [2.45, 2.75) is 32.7 Å². The van der Waals surface area contributed by atoms with Gasteiger partial charge in [0, 0.05) is 29.4 Å². The zero-order valence-electron chi connectivity index (χ0n) is 24.6. The fourth-order valence-electron chi connectivity index (χ4n) is 5.80. The average molecular weight is 621 g/mol. The van der Waals surface area contributed by atoms with E-state index in [9.17, 15) is 14.0 Å². The molecule has 3 aromatic rings. The molecular weight excluding hydrogens is 583 g/mol. The molecular formula is C34H38ClFN4O2S. The molecule has 0 spiro atoms. The molecule has 1 fully saturated rings. The Morgan fingerprint density at radius 3 is 2.63 bits per heavy atom. The predicted octanol–water partition coefficient (Wildman–Crippen LogP) is 6.96. The molecule has 0 bridgehead atoms. The van der Waals surface area contributed by atoms with Gasteiger partial charge in [-0.3, -0.25) is 9.59 Å². The maximum atomic E-state index is 14.1. The second-order valence-electron chi connectivity index (χ2n) is 11.3. The van der Waals surface area contributed by atoms with Gasteiger partial charge in [0.15, 0.2) is 0 Å². The highest BCUT2D eigenvalue weighted by molar-refractivity contribution is 8.01. The molecule has 2 amide bonds. The quantitative estimate of drug-likeness (QED) is 0.271. The second kappa shape index (κ2) is 14.4. The number of fused-ring (bicyclic) bond motifs is 1. The number of amides is 2. The van der Waals surface area contributed by atoms with Crippen LogP contribution in [0, 0.1) is 17.7 Å². The topological polar surface area (TPSA) is 64.7 Å². The summed E-state index contributed by atoms with van der Waals surface area (Å²) in [5.74, 6) is -0.565. The molecule has 2 heterocycles. The Morgan fingerprint density at radius 2 is 1.88 bits per heavy atom. The Hall–Kier alpha value is -3.33. The number of carbonyl (C=O) groups excluding carboxylic acids is 2. The van der Waals surface area contributed by atoms with E-state index in [-0.39, 0.29) is 18.4 Å². The van der Waals surface area contributed by atoms with Crippen LogP contribution >= 0.6 is 23.4 Å². The summed E-state index contributed by atoms with van der Waals surface area (Å²) in [4.78, 5) is 31.0. The number of halogens is 2. The molecule has 6 nitrogen and oxygen atoms in total. The molecule has 2 N–H and O–H groups in total. The van der Waals surface area contributed by atoms with Gasteiger partial charge in [-0.2, -0.15) is 0 Å². The van der Waals surface area contributed by atoms with E-state index in [2.05, 4.69) is 45.9 Å². The van der Waals surface area contributed by atoms with Crippen molar-refractivity contribution in [1.82, 2.24) is 10.2 Å². The molecule has 0 saturated carbocycles. The van der Waals surface area contributed by atoms with Crippen LogP contribution in [-0.2, 0) is 17.8 Å². The summed E-state index contributed by atoms with van der Waals surface area (Å²) >= 11 is 7.89. The third kappa shape index (κ3) is 7.80. The molecule has 5 rings (SSSR count). The third-order valence-corrected chi connectivity index (χ3v) is 9.16. The Kier molecular flexibility index (Phi) is 10.4. The number of carbonyl (C=O) groups is 2. The van der Waals surface area contributed by atoms with Crippen LogP contribution in [0.2, 0.25) is 5.02 Å². The van der Waals surface area contributed by atoms with Crippen molar-refractivity contribution in [3.05, 3.63) is 105 Å². The Morgan fingerprint density at radius 1 is 1.12 bits per heavy atom. The zero-order valence-corrected chi connectivity index (χ0v) is 26.2. The van der Waals surface area contributed by atoms with Crippen LogP contribution in [0.4, 0.5) is 15.8 Å². The molecule has 0 aliphatic carbocycles. The van der Waals surface area contributed by atoms with Crippen LogP contribution in [0.25, 0.3) is 0 Å². The molecule has 2 aliphatic heterocycles. The first-order chi connectivity index (χ1) is 20.8. The lowest BCUT2D eigenvalue weighted by Gasteiger charge is -2.32. The van der Waals surface area contributed by atoms with Gasteiger partial charge in [0.2, 0.25) is 5.91 Å². The van der Waals surface area contributed by atoms with Crippen LogP contribution in [0.15, 0.2) is 77.8 Å². The highest BCUT2D eigenvalue weighted by atomic mass is 35.5. The van der Waals surface area contributed by atoms with Crippen molar-refractivity contribution >= 4 is 46.6 Å². The van der Waals surface area contributed by atoms with Crippen molar-refractivity contribution in [2.24, 2.45) is 11.8 Å². The van der Waals surface area contributed by atoms with Crippen LogP contribution < -0.4 is 15.5 Å². The maximum absolute atomic E-state index is 14.1. The molecule has 0 aromatic heterocycles. The molecule has 226 valence electrons. The van der Waals surface area contributed by atoms with Crippen LogP contribution in [0.1, 0.15) is 41.3 Å². The van der Waals surface area contributed by atoms with E-state index in [4.69, 9.17) is 11.6 Å². The molecule has 3 aromatic carbocycles. The largest absolute Gasteiger partial charge is 0.356 e. The lowest BCUT2D eigenvalue weighted by Crippen LogP contribution is -2.40. The van der Waals surface area contributed by atoms with E-state index in [0.717, 1.165) is 44.6 Å². The number of hydrogen-bond acceptors (Lipinski definition) is 5. The highest BCUT2D eigenvalue weighted by Gasteiger charge is 2.32.